The quantitative estimate of drug-likeness (QED) is 0.867. The van der Waals surface area contributed by atoms with Crippen molar-refractivity contribution < 1.29 is 9.90 Å². The van der Waals surface area contributed by atoms with Crippen LogP contribution in [0.25, 0.3) is 0 Å². The summed E-state index contributed by atoms with van der Waals surface area (Å²) >= 11 is 0. The molecule has 0 radical (unpaired) electrons. The van der Waals surface area contributed by atoms with Crippen molar-refractivity contribution in [3.63, 3.8) is 0 Å². The molecule has 2 rings (SSSR count). The molecule has 4 nitrogen and oxygen atoms in total. The van der Waals surface area contributed by atoms with Gasteiger partial charge in [-0.05, 0) is 39.3 Å². The number of carbonyl (C=O) groups excluding carboxylic acids is 1. The second kappa shape index (κ2) is 5.31. The van der Waals surface area contributed by atoms with Crippen molar-refractivity contribution in [1.29, 1.82) is 0 Å². The number of hydrogen-bond donors (Lipinski definition) is 2. The number of piperazine rings is 1. The van der Waals surface area contributed by atoms with Crippen LogP contribution < -0.4 is 10.2 Å². The lowest BCUT2D eigenvalue weighted by molar-refractivity contribution is -0.123. The van der Waals surface area contributed by atoms with Gasteiger partial charge < -0.3 is 10.0 Å². The number of amides is 1. The minimum Gasteiger partial charge on any atom is -0.396 e. The Morgan fingerprint density at radius 2 is 2.00 bits per heavy atom. The topological polar surface area (TPSA) is 52.6 Å². The zero-order chi connectivity index (χ0) is 14.0. The van der Waals surface area contributed by atoms with Crippen LogP contribution in [0.5, 0.6) is 0 Å². The molecular weight excluding hydrogens is 240 g/mol. The third kappa shape index (κ3) is 3.14. The van der Waals surface area contributed by atoms with E-state index in [0.29, 0.717) is 13.0 Å². The second-order valence-electron chi connectivity index (χ2n) is 5.85. The SMILES string of the molecule is Cc1ccc(N2CC(C)(C)NC(CCO)C2=O)cc1. The highest BCUT2D eigenvalue weighted by Crippen LogP contribution is 2.24. The van der Waals surface area contributed by atoms with Crippen molar-refractivity contribution in [2.24, 2.45) is 0 Å². The molecule has 1 aromatic carbocycles. The molecule has 1 unspecified atom stereocenters. The Balaban J connectivity index is 2.27. The summed E-state index contributed by atoms with van der Waals surface area (Å²) in [6, 6.07) is 7.67. The molecule has 1 amide bonds. The Morgan fingerprint density at radius 3 is 2.58 bits per heavy atom. The molecule has 1 aromatic rings. The maximum Gasteiger partial charge on any atom is 0.244 e. The number of anilines is 1. The first kappa shape index (κ1) is 14.0. The van der Waals surface area contributed by atoms with Gasteiger partial charge in [0.05, 0.1) is 6.04 Å². The van der Waals surface area contributed by atoms with Crippen LogP contribution in [0.1, 0.15) is 25.8 Å². The Kier molecular flexibility index (Phi) is 3.92. The van der Waals surface area contributed by atoms with Gasteiger partial charge in [-0.15, -0.1) is 0 Å². The van der Waals surface area contributed by atoms with Gasteiger partial charge in [-0.2, -0.15) is 0 Å². The fourth-order valence-electron chi connectivity index (χ4n) is 2.51. The Labute approximate surface area is 114 Å². The van der Waals surface area contributed by atoms with Crippen molar-refractivity contribution in [2.75, 3.05) is 18.1 Å². The van der Waals surface area contributed by atoms with Gasteiger partial charge in [0.15, 0.2) is 0 Å². The van der Waals surface area contributed by atoms with Crippen LogP contribution in [-0.4, -0.2) is 35.7 Å². The van der Waals surface area contributed by atoms with E-state index in [2.05, 4.69) is 19.2 Å². The van der Waals surface area contributed by atoms with Gasteiger partial charge >= 0.3 is 0 Å². The molecule has 0 aliphatic carbocycles. The second-order valence-corrected chi connectivity index (χ2v) is 5.85. The fraction of sp³-hybridized carbons (Fsp3) is 0.533. The van der Waals surface area contributed by atoms with E-state index in [-0.39, 0.29) is 24.1 Å². The molecule has 1 aliphatic heterocycles. The average Bonchev–Trinajstić information content (AvgIpc) is 2.34. The lowest BCUT2D eigenvalue weighted by Crippen LogP contribution is -2.65. The van der Waals surface area contributed by atoms with E-state index < -0.39 is 0 Å². The number of aliphatic hydroxyl groups excluding tert-OH is 1. The highest BCUT2D eigenvalue weighted by molar-refractivity contribution is 5.98. The number of aliphatic hydroxyl groups is 1. The summed E-state index contributed by atoms with van der Waals surface area (Å²) in [5, 5.41) is 12.4. The van der Waals surface area contributed by atoms with E-state index in [1.807, 2.05) is 36.1 Å². The smallest absolute Gasteiger partial charge is 0.244 e. The van der Waals surface area contributed by atoms with E-state index >= 15 is 0 Å². The first-order valence-corrected chi connectivity index (χ1v) is 6.69. The van der Waals surface area contributed by atoms with Crippen LogP contribution >= 0.6 is 0 Å². The number of benzene rings is 1. The third-order valence-corrected chi connectivity index (χ3v) is 3.45. The summed E-state index contributed by atoms with van der Waals surface area (Å²) < 4.78 is 0. The van der Waals surface area contributed by atoms with Crippen LogP contribution in [0.3, 0.4) is 0 Å². The van der Waals surface area contributed by atoms with E-state index in [0.717, 1.165) is 5.69 Å². The van der Waals surface area contributed by atoms with Crippen molar-refractivity contribution in [2.45, 2.75) is 38.8 Å². The predicted octanol–water partition coefficient (Wildman–Crippen LogP) is 1.46. The molecule has 2 N–H and O–H groups in total. The highest BCUT2D eigenvalue weighted by atomic mass is 16.3. The van der Waals surface area contributed by atoms with E-state index in [1.54, 1.807) is 0 Å². The molecule has 1 fully saturated rings. The number of carbonyl (C=O) groups is 1. The first-order chi connectivity index (χ1) is 8.93. The summed E-state index contributed by atoms with van der Waals surface area (Å²) in [7, 11) is 0. The Hall–Kier alpha value is -1.39. The van der Waals surface area contributed by atoms with Gasteiger partial charge in [0.1, 0.15) is 0 Å². The van der Waals surface area contributed by atoms with Gasteiger partial charge in [-0.3, -0.25) is 10.1 Å². The van der Waals surface area contributed by atoms with Gasteiger partial charge in [0, 0.05) is 24.4 Å². The molecule has 1 atom stereocenters. The fourth-order valence-corrected chi connectivity index (χ4v) is 2.51. The van der Waals surface area contributed by atoms with Gasteiger partial charge in [-0.25, -0.2) is 0 Å². The maximum absolute atomic E-state index is 12.4. The highest BCUT2D eigenvalue weighted by Gasteiger charge is 2.38. The molecule has 1 aliphatic rings. The largest absolute Gasteiger partial charge is 0.396 e. The number of rotatable bonds is 3. The van der Waals surface area contributed by atoms with E-state index in [1.165, 1.54) is 5.56 Å². The average molecular weight is 262 g/mol. The lowest BCUT2D eigenvalue weighted by atomic mass is 9.96. The Bertz CT molecular complexity index is 454. The van der Waals surface area contributed by atoms with Crippen molar-refractivity contribution in [1.82, 2.24) is 5.32 Å². The van der Waals surface area contributed by atoms with Crippen LogP contribution in [0.4, 0.5) is 5.69 Å². The summed E-state index contributed by atoms with van der Waals surface area (Å²) in [6.07, 6.45) is 0.449. The molecule has 19 heavy (non-hydrogen) atoms. The lowest BCUT2D eigenvalue weighted by Gasteiger charge is -2.43. The summed E-state index contributed by atoms with van der Waals surface area (Å²) in [5.41, 5.74) is 1.95. The number of nitrogens with zero attached hydrogens (tertiary/aromatic N) is 1. The number of nitrogens with one attached hydrogen (secondary N) is 1. The minimum absolute atomic E-state index is 0.0151. The van der Waals surface area contributed by atoms with Crippen LogP contribution in [-0.2, 0) is 4.79 Å². The van der Waals surface area contributed by atoms with Gasteiger partial charge in [-0.1, -0.05) is 17.7 Å². The normalized spacial score (nSPS) is 22.6. The third-order valence-electron chi connectivity index (χ3n) is 3.45. The van der Waals surface area contributed by atoms with Gasteiger partial charge in [0.25, 0.3) is 0 Å². The molecule has 0 spiro atoms. The minimum atomic E-state index is -0.310. The standard InChI is InChI=1S/C15H22N2O2/c1-11-4-6-12(7-5-11)17-10-15(2,3)16-13(8-9-18)14(17)19/h4-7,13,16,18H,8-10H2,1-3H3. The van der Waals surface area contributed by atoms with Crippen molar-refractivity contribution in [3.8, 4) is 0 Å². The molecule has 104 valence electrons. The van der Waals surface area contributed by atoms with Crippen molar-refractivity contribution >= 4 is 11.6 Å². The molecular formula is C15H22N2O2. The number of aryl methyl sites for hydroxylation is 1. The summed E-state index contributed by atoms with van der Waals surface area (Å²) in [6.45, 7) is 6.83. The maximum atomic E-state index is 12.4. The molecule has 0 aromatic heterocycles. The molecule has 1 saturated heterocycles. The van der Waals surface area contributed by atoms with Crippen LogP contribution in [0, 0.1) is 6.92 Å². The summed E-state index contributed by atoms with van der Waals surface area (Å²) in [5.74, 6) is 0.0391. The monoisotopic (exact) mass is 262 g/mol. The molecule has 0 bridgehead atoms. The molecule has 1 heterocycles. The Morgan fingerprint density at radius 1 is 1.37 bits per heavy atom. The predicted molar refractivity (Wildman–Crippen MR) is 76.2 cm³/mol. The van der Waals surface area contributed by atoms with Gasteiger partial charge in [0.2, 0.25) is 5.91 Å². The number of hydrogen-bond acceptors (Lipinski definition) is 3. The van der Waals surface area contributed by atoms with Crippen LogP contribution in [0.15, 0.2) is 24.3 Å². The first-order valence-electron chi connectivity index (χ1n) is 6.69. The molecule has 4 heteroatoms. The zero-order valence-electron chi connectivity index (χ0n) is 11.8. The summed E-state index contributed by atoms with van der Waals surface area (Å²) in [4.78, 5) is 14.3. The molecule has 0 saturated carbocycles. The zero-order valence-corrected chi connectivity index (χ0v) is 11.8. The van der Waals surface area contributed by atoms with Crippen molar-refractivity contribution in [3.05, 3.63) is 29.8 Å². The van der Waals surface area contributed by atoms with E-state index in [4.69, 9.17) is 5.11 Å². The van der Waals surface area contributed by atoms with Crippen LogP contribution in [0.2, 0.25) is 0 Å². The van der Waals surface area contributed by atoms with E-state index in [9.17, 15) is 4.79 Å².